The molecular formula is C10H14O2S. The fraction of sp³-hybridized carbons (Fsp3) is 0.400. The first-order valence-electron chi connectivity index (χ1n) is 4.26. The third-order valence-electron chi connectivity index (χ3n) is 1.70. The molecule has 2 nitrogen and oxygen atoms in total. The highest BCUT2D eigenvalue weighted by Crippen LogP contribution is 2.17. The Balaban J connectivity index is 2.35. The van der Waals surface area contributed by atoms with Gasteiger partial charge in [0.05, 0.1) is 12.7 Å². The molecule has 1 aromatic rings. The maximum absolute atomic E-state index is 9.64. The maximum atomic E-state index is 9.64. The molecule has 0 aliphatic carbocycles. The topological polar surface area (TPSA) is 40.5 Å². The largest absolute Gasteiger partial charge is 0.396 e. The molecule has 72 valence electrons. The molecule has 0 aromatic heterocycles. The Morgan fingerprint density at radius 2 is 1.92 bits per heavy atom. The van der Waals surface area contributed by atoms with Crippen LogP contribution in [0.15, 0.2) is 30.3 Å². The molecule has 13 heavy (non-hydrogen) atoms. The van der Waals surface area contributed by atoms with E-state index in [9.17, 15) is 5.11 Å². The van der Waals surface area contributed by atoms with Gasteiger partial charge in [-0.1, -0.05) is 30.3 Å². The van der Waals surface area contributed by atoms with Gasteiger partial charge in [-0.25, -0.2) is 0 Å². The zero-order chi connectivity index (χ0) is 9.52. The van der Waals surface area contributed by atoms with E-state index in [0.717, 1.165) is 5.56 Å². The van der Waals surface area contributed by atoms with E-state index in [0.29, 0.717) is 11.5 Å². The third-order valence-corrected chi connectivity index (χ3v) is 2.72. The fourth-order valence-electron chi connectivity index (χ4n) is 1.03. The molecule has 0 fully saturated rings. The number of rotatable bonds is 5. The van der Waals surface area contributed by atoms with E-state index in [1.54, 1.807) is 11.8 Å². The Kier molecular flexibility index (Phi) is 4.90. The van der Waals surface area contributed by atoms with Crippen LogP contribution in [-0.4, -0.2) is 28.3 Å². The first-order valence-corrected chi connectivity index (χ1v) is 5.41. The lowest BCUT2D eigenvalue weighted by atomic mass is 10.1. The monoisotopic (exact) mass is 198 g/mol. The molecule has 0 amide bonds. The van der Waals surface area contributed by atoms with Crippen LogP contribution in [0.2, 0.25) is 0 Å². The molecule has 0 heterocycles. The van der Waals surface area contributed by atoms with Gasteiger partial charge in [-0.15, -0.1) is 0 Å². The van der Waals surface area contributed by atoms with Crippen LogP contribution < -0.4 is 0 Å². The maximum Gasteiger partial charge on any atom is 0.0880 e. The molecule has 0 aliphatic rings. The summed E-state index contributed by atoms with van der Waals surface area (Å²) in [6.07, 6.45) is -0.419. The van der Waals surface area contributed by atoms with E-state index in [2.05, 4.69) is 0 Å². The van der Waals surface area contributed by atoms with Gasteiger partial charge >= 0.3 is 0 Å². The van der Waals surface area contributed by atoms with Crippen molar-refractivity contribution in [3.63, 3.8) is 0 Å². The van der Waals surface area contributed by atoms with Gasteiger partial charge in [0.25, 0.3) is 0 Å². The Labute approximate surface area is 82.6 Å². The summed E-state index contributed by atoms with van der Waals surface area (Å²) >= 11 is 1.56. The van der Waals surface area contributed by atoms with E-state index >= 15 is 0 Å². The van der Waals surface area contributed by atoms with E-state index in [1.807, 2.05) is 30.3 Å². The van der Waals surface area contributed by atoms with Crippen LogP contribution >= 0.6 is 11.8 Å². The quantitative estimate of drug-likeness (QED) is 0.703. The second kappa shape index (κ2) is 6.02. The third kappa shape index (κ3) is 3.81. The van der Waals surface area contributed by atoms with Crippen molar-refractivity contribution in [3.05, 3.63) is 35.9 Å². The molecule has 0 bridgehead atoms. The fourth-order valence-corrected chi connectivity index (χ4v) is 1.74. The number of hydrogen-bond donors (Lipinski definition) is 2. The first-order chi connectivity index (χ1) is 6.34. The van der Waals surface area contributed by atoms with Gasteiger partial charge in [0.15, 0.2) is 0 Å². The van der Waals surface area contributed by atoms with Crippen LogP contribution in [0, 0.1) is 0 Å². The van der Waals surface area contributed by atoms with Crippen molar-refractivity contribution in [1.29, 1.82) is 0 Å². The molecule has 1 aromatic carbocycles. The number of hydrogen-bond acceptors (Lipinski definition) is 3. The Morgan fingerprint density at radius 3 is 2.54 bits per heavy atom. The predicted octanol–water partition coefficient (Wildman–Crippen LogP) is 1.45. The summed E-state index contributed by atoms with van der Waals surface area (Å²) < 4.78 is 0. The van der Waals surface area contributed by atoms with Crippen molar-refractivity contribution in [2.75, 3.05) is 18.1 Å². The minimum atomic E-state index is -0.419. The van der Waals surface area contributed by atoms with E-state index < -0.39 is 6.10 Å². The molecule has 2 N–H and O–H groups in total. The molecule has 3 heteroatoms. The molecule has 1 rings (SSSR count). The van der Waals surface area contributed by atoms with Crippen LogP contribution in [0.25, 0.3) is 0 Å². The van der Waals surface area contributed by atoms with Gasteiger partial charge in [0.2, 0.25) is 0 Å². The van der Waals surface area contributed by atoms with Crippen molar-refractivity contribution < 1.29 is 10.2 Å². The summed E-state index contributed by atoms with van der Waals surface area (Å²) in [7, 11) is 0. The minimum absolute atomic E-state index is 0.173. The zero-order valence-electron chi connectivity index (χ0n) is 7.39. The van der Waals surface area contributed by atoms with E-state index in [-0.39, 0.29) is 6.61 Å². The van der Waals surface area contributed by atoms with Gasteiger partial charge in [-0.05, 0) is 5.56 Å². The van der Waals surface area contributed by atoms with Crippen LogP contribution in [0.3, 0.4) is 0 Å². The van der Waals surface area contributed by atoms with Gasteiger partial charge in [-0.2, -0.15) is 11.8 Å². The predicted molar refractivity (Wildman–Crippen MR) is 55.8 cm³/mol. The highest BCUT2D eigenvalue weighted by Gasteiger charge is 2.05. The van der Waals surface area contributed by atoms with Crippen LogP contribution in [0.1, 0.15) is 11.7 Å². The first kappa shape index (κ1) is 10.6. The standard InChI is InChI=1S/C10H14O2S/c11-6-7-13-8-10(12)9-4-2-1-3-5-9/h1-5,10-12H,6-8H2. The van der Waals surface area contributed by atoms with Crippen molar-refractivity contribution in [2.24, 2.45) is 0 Å². The van der Waals surface area contributed by atoms with Gasteiger partial charge in [0, 0.05) is 11.5 Å². The number of aliphatic hydroxyl groups excluding tert-OH is 2. The highest BCUT2D eigenvalue weighted by molar-refractivity contribution is 7.99. The summed E-state index contributed by atoms with van der Waals surface area (Å²) in [6, 6.07) is 9.57. The summed E-state index contributed by atoms with van der Waals surface area (Å²) in [4.78, 5) is 0. The normalized spacial score (nSPS) is 12.8. The molecule has 0 radical (unpaired) electrons. The zero-order valence-corrected chi connectivity index (χ0v) is 8.20. The van der Waals surface area contributed by atoms with Crippen molar-refractivity contribution in [1.82, 2.24) is 0 Å². The number of aliphatic hydroxyl groups is 2. The minimum Gasteiger partial charge on any atom is -0.396 e. The molecule has 0 saturated heterocycles. The van der Waals surface area contributed by atoms with Crippen molar-refractivity contribution >= 4 is 11.8 Å². The number of thioether (sulfide) groups is 1. The summed E-state index contributed by atoms with van der Waals surface area (Å²) in [5.74, 6) is 1.33. The van der Waals surface area contributed by atoms with Gasteiger partial charge in [-0.3, -0.25) is 0 Å². The second-order valence-electron chi connectivity index (χ2n) is 2.73. The smallest absolute Gasteiger partial charge is 0.0880 e. The van der Waals surface area contributed by atoms with E-state index in [1.165, 1.54) is 0 Å². The summed E-state index contributed by atoms with van der Waals surface area (Å²) in [6.45, 7) is 0.173. The lowest BCUT2D eigenvalue weighted by Gasteiger charge is -2.09. The molecule has 0 spiro atoms. The molecule has 1 atom stereocenters. The lowest BCUT2D eigenvalue weighted by molar-refractivity contribution is 0.204. The Hall–Kier alpha value is -0.510. The number of benzene rings is 1. The van der Waals surface area contributed by atoms with Crippen LogP contribution in [0.4, 0.5) is 0 Å². The SMILES string of the molecule is OCCSCC(O)c1ccccc1. The second-order valence-corrected chi connectivity index (χ2v) is 3.87. The van der Waals surface area contributed by atoms with Gasteiger partial charge < -0.3 is 10.2 Å². The average molecular weight is 198 g/mol. The van der Waals surface area contributed by atoms with Crippen molar-refractivity contribution in [3.8, 4) is 0 Å². The van der Waals surface area contributed by atoms with E-state index in [4.69, 9.17) is 5.11 Å². The van der Waals surface area contributed by atoms with Crippen LogP contribution in [0.5, 0.6) is 0 Å². The lowest BCUT2D eigenvalue weighted by Crippen LogP contribution is -2.01. The summed E-state index contributed by atoms with van der Waals surface area (Å²) in [5.41, 5.74) is 0.938. The van der Waals surface area contributed by atoms with Gasteiger partial charge in [0.1, 0.15) is 0 Å². The Bertz CT molecular complexity index is 226. The average Bonchev–Trinajstić information content (AvgIpc) is 2.19. The summed E-state index contributed by atoms with van der Waals surface area (Å²) in [5, 5.41) is 18.2. The Morgan fingerprint density at radius 1 is 1.23 bits per heavy atom. The molecule has 0 aliphatic heterocycles. The molecular weight excluding hydrogens is 184 g/mol. The van der Waals surface area contributed by atoms with Crippen LogP contribution in [-0.2, 0) is 0 Å². The molecule has 0 saturated carbocycles. The molecule has 1 unspecified atom stereocenters. The van der Waals surface area contributed by atoms with Crippen molar-refractivity contribution in [2.45, 2.75) is 6.10 Å². The highest BCUT2D eigenvalue weighted by atomic mass is 32.2.